The molecule has 0 saturated heterocycles. The molecule has 1 aliphatic rings. The van der Waals surface area contributed by atoms with Crippen LogP contribution < -0.4 is 0 Å². The summed E-state index contributed by atoms with van der Waals surface area (Å²) in [5, 5.41) is 0. The first kappa shape index (κ1) is 15.2. The Kier molecular flexibility index (Phi) is 6.40. The second-order valence-electron chi connectivity index (χ2n) is 4.63. The first-order chi connectivity index (χ1) is 7.49. The van der Waals surface area contributed by atoms with Gasteiger partial charge < -0.3 is 0 Å². The Morgan fingerprint density at radius 3 is 1.88 bits per heavy atom. The summed E-state index contributed by atoms with van der Waals surface area (Å²) in [6, 6.07) is 0. The summed E-state index contributed by atoms with van der Waals surface area (Å²) < 4.78 is 0. The molecule has 0 amide bonds. The van der Waals surface area contributed by atoms with Gasteiger partial charge in [0.1, 0.15) is 0 Å². The molecule has 92 valence electrons. The van der Waals surface area contributed by atoms with E-state index in [1.54, 1.807) is 11.1 Å². The lowest BCUT2D eigenvalue weighted by molar-refractivity contribution is 0.749. The minimum absolute atomic E-state index is 0.643. The van der Waals surface area contributed by atoms with E-state index >= 15 is 0 Å². The first-order valence-electron chi connectivity index (χ1n) is 6.52. The van der Waals surface area contributed by atoms with Gasteiger partial charge in [0.05, 0.1) is 0 Å². The molecule has 0 unspecified atom stereocenters. The van der Waals surface area contributed by atoms with Crippen molar-refractivity contribution in [1.29, 1.82) is 0 Å². The van der Waals surface area contributed by atoms with Crippen molar-refractivity contribution < 1.29 is 0 Å². The van der Waals surface area contributed by atoms with Crippen LogP contribution in [0.15, 0.2) is 33.9 Å². The van der Waals surface area contributed by atoms with Gasteiger partial charge in [-0.15, -0.1) is 0 Å². The fourth-order valence-corrected chi connectivity index (χ4v) is 2.46. The maximum Gasteiger partial charge on any atom is -0.0102 e. The zero-order valence-electron chi connectivity index (χ0n) is 12.4. The van der Waals surface area contributed by atoms with E-state index in [1.807, 2.05) is 13.8 Å². The molecule has 0 saturated carbocycles. The van der Waals surface area contributed by atoms with Crippen molar-refractivity contribution in [2.45, 2.75) is 61.8 Å². The first-order valence-corrected chi connectivity index (χ1v) is 6.52. The monoisotopic (exact) mass is 220 g/mol. The summed E-state index contributed by atoms with van der Waals surface area (Å²) in [6.07, 6.45) is 3.42. The molecule has 0 atom stereocenters. The van der Waals surface area contributed by atoms with Crippen LogP contribution in [-0.4, -0.2) is 0 Å². The third-order valence-electron chi connectivity index (χ3n) is 3.19. The Bertz CT molecular complexity index is 322. The Labute approximate surface area is 102 Å². The maximum absolute atomic E-state index is 2.29. The molecular formula is C16H28. The van der Waals surface area contributed by atoms with Crippen molar-refractivity contribution in [2.75, 3.05) is 0 Å². The second kappa shape index (κ2) is 6.73. The van der Waals surface area contributed by atoms with Gasteiger partial charge in [0.2, 0.25) is 0 Å². The van der Waals surface area contributed by atoms with E-state index in [2.05, 4.69) is 47.6 Å². The third-order valence-corrected chi connectivity index (χ3v) is 3.19. The van der Waals surface area contributed by atoms with Crippen LogP contribution in [0.25, 0.3) is 0 Å². The van der Waals surface area contributed by atoms with Crippen LogP contribution in [-0.2, 0) is 0 Å². The lowest BCUT2D eigenvalue weighted by Crippen LogP contribution is -2.09. The van der Waals surface area contributed by atoms with Gasteiger partial charge in [-0.2, -0.15) is 0 Å². The van der Waals surface area contributed by atoms with E-state index < -0.39 is 0 Å². The van der Waals surface area contributed by atoms with Crippen LogP contribution in [0, 0.1) is 5.92 Å². The zero-order chi connectivity index (χ0) is 12.9. The molecule has 0 aromatic carbocycles. The van der Waals surface area contributed by atoms with Crippen molar-refractivity contribution in [3.8, 4) is 0 Å². The summed E-state index contributed by atoms with van der Waals surface area (Å²) in [5.41, 5.74) is 7.61. The lowest BCUT2D eigenvalue weighted by Gasteiger charge is -2.26. The minimum atomic E-state index is 0.643. The van der Waals surface area contributed by atoms with E-state index in [0.29, 0.717) is 5.92 Å². The molecule has 0 nitrogen and oxygen atoms in total. The number of allylic oxidation sites excluding steroid dienone is 6. The Balaban J connectivity index is 0.00000106. The average molecular weight is 220 g/mol. The lowest BCUT2D eigenvalue weighted by atomic mass is 9.79. The fourth-order valence-electron chi connectivity index (χ4n) is 2.46. The molecule has 0 aliphatic heterocycles. The van der Waals surface area contributed by atoms with Crippen molar-refractivity contribution in [2.24, 2.45) is 5.92 Å². The summed E-state index contributed by atoms with van der Waals surface area (Å²) >= 11 is 0. The molecule has 0 radical (unpaired) electrons. The topological polar surface area (TPSA) is 0 Å². The predicted molar refractivity (Wildman–Crippen MR) is 75.6 cm³/mol. The van der Waals surface area contributed by atoms with Crippen molar-refractivity contribution in [3.05, 3.63) is 33.9 Å². The maximum atomic E-state index is 2.29. The van der Waals surface area contributed by atoms with Crippen molar-refractivity contribution >= 4 is 0 Å². The Hall–Kier alpha value is -0.780. The van der Waals surface area contributed by atoms with Crippen molar-refractivity contribution in [1.82, 2.24) is 0 Å². The van der Waals surface area contributed by atoms with Gasteiger partial charge in [0, 0.05) is 0 Å². The van der Waals surface area contributed by atoms with E-state index in [4.69, 9.17) is 0 Å². The minimum Gasteiger partial charge on any atom is -0.0798 e. The molecule has 0 fully saturated rings. The predicted octanol–water partition coefficient (Wildman–Crippen LogP) is 5.67. The number of hydrogen-bond donors (Lipinski definition) is 0. The van der Waals surface area contributed by atoms with Gasteiger partial charge in [-0.05, 0) is 56.8 Å². The Morgan fingerprint density at radius 2 is 1.50 bits per heavy atom. The highest BCUT2D eigenvalue weighted by molar-refractivity contribution is 5.54. The van der Waals surface area contributed by atoms with Crippen LogP contribution in [0.4, 0.5) is 0 Å². The number of rotatable bonds is 1. The van der Waals surface area contributed by atoms with Crippen LogP contribution >= 0.6 is 0 Å². The van der Waals surface area contributed by atoms with Gasteiger partial charge >= 0.3 is 0 Å². The highest BCUT2D eigenvalue weighted by atomic mass is 14.2. The molecule has 0 aromatic rings. The summed E-state index contributed by atoms with van der Waals surface area (Å²) in [5.74, 6) is 0.643. The molecule has 1 rings (SSSR count). The molecule has 0 aromatic heterocycles. The molecule has 0 N–H and O–H groups in total. The highest BCUT2D eigenvalue weighted by Gasteiger charge is 2.19. The number of hydrogen-bond acceptors (Lipinski definition) is 0. The zero-order valence-corrected chi connectivity index (χ0v) is 12.4. The van der Waals surface area contributed by atoms with E-state index in [-0.39, 0.29) is 0 Å². The van der Waals surface area contributed by atoms with Crippen LogP contribution in [0.2, 0.25) is 0 Å². The summed E-state index contributed by atoms with van der Waals surface area (Å²) in [6.45, 7) is 17.5. The Morgan fingerprint density at radius 1 is 1.00 bits per heavy atom. The van der Waals surface area contributed by atoms with Gasteiger partial charge in [-0.25, -0.2) is 0 Å². The van der Waals surface area contributed by atoms with Gasteiger partial charge in [-0.1, -0.05) is 44.9 Å². The normalized spacial score (nSPS) is 19.2. The smallest absolute Gasteiger partial charge is 0.0102 e. The van der Waals surface area contributed by atoms with Crippen LogP contribution in [0.5, 0.6) is 0 Å². The molecule has 0 spiro atoms. The summed E-state index contributed by atoms with van der Waals surface area (Å²) in [7, 11) is 0. The molecular weight excluding hydrogens is 192 g/mol. The second-order valence-corrected chi connectivity index (χ2v) is 4.63. The molecule has 0 bridgehead atoms. The largest absolute Gasteiger partial charge is 0.0798 e. The third kappa shape index (κ3) is 3.10. The highest BCUT2D eigenvalue weighted by Crippen LogP contribution is 2.37. The fraction of sp³-hybridized carbons (Fsp3) is 0.625. The quantitative estimate of drug-likeness (QED) is 0.534. The SMILES string of the molecule is C/C=C1\C(C)=C(C)CC(C)=C1C(C)C.CC. The molecule has 16 heavy (non-hydrogen) atoms. The van der Waals surface area contributed by atoms with Gasteiger partial charge in [0.15, 0.2) is 0 Å². The molecule has 0 heteroatoms. The van der Waals surface area contributed by atoms with Gasteiger partial charge in [0.25, 0.3) is 0 Å². The van der Waals surface area contributed by atoms with E-state index in [9.17, 15) is 0 Å². The van der Waals surface area contributed by atoms with Crippen LogP contribution in [0.1, 0.15) is 61.8 Å². The van der Waals surface area contributed by atoms with Gasteiger partial charge in [-0.3, -0.25) is 0 Å². The molecule has 1 aliphatic carbocycles. The molecule has 0 heterocycles. The van der Waals surface area contributed by atoms with Crippen molar-refractivity contribution in [3.63, 3.8) is 0 Å². The van der Waals surface area contributed by atoms with E-state index in [1.165, 1.54) is 16.7 Å². The average Bonchev–Trinajstić information content (AvgIpc) is 2.25. The summed E-state index contributed by atoms with van der Waals surface area (Å²) in [4.78, 5) is 0. The van der Waals surface area contributed by atoms with Crippen LogP contribution in [0.3, 0.4) is 0 Å². The standard InChI is InChI=1S/C14H22.C2H6/c1-7-13-12(6)10(4)8-11(5)14(13)9(2)3;1-2/h7,9H,8H2,1-6H3;1-2H3/b13-7+;. The van der Waals surface area contributed by atoms with E-state index in [0.717, 1.165) is 6.42 Å².